The van der Waals surface area contributed by atoms with Crippen LogP contribution in [-0.2, 0) is 6.61 Å². The largest absolute Gasteiger partial charge is 0.485 e. The van der Waals surface area contributed by atoms with Gasteiger partial charge in [-0.2, -0.15) is 0 Å². The highest BCUT2D eigenvalue weighted by Gasteiger charge is 2.12. The zero-order valence-electron chi connectivity index (χ0n) is 9.21. The van der Waals surface area contributed by atoms with Crippen molar-refractivity contribution in [2.24, 2.45) is 0 Å². The number of aromatic nitrogens is 2. The second-order valence-corrected chi connectivity index (χ2v) is 3.40. The minimum Gasteiger partial charge on any atom is -0.485 e. The van der Waals surface area contributed by atoms with Gasteiger partial charge in [0.1, 0.15) is 23.7 Å². The van der Waals surface area contributed by atoms with Gasteiger partial charge in [-0.05, 0) is 18.2 Å². The van der Waals surface area contributed by atoms with E-state index in [1.807, 2.05) is 0 Å². The van der Waals surface area contributed by atoms with Crippen LogP contribution in [0.3, 0.4) is 0 Å². The van der Waals surface area contributed by atoms with Gasteiger partial charge in [0.15, 0.2) is 5.75 Å². The van der Waals surface area contributed by atoms with Crippen molar-refractivity contribution >= 4 is 5.97 Å². The Kier molecular flexibility index (Phi) is 3.47. The molecule has 0 aliphatic rings. The molecule has 0 unspecified atom stereocenters. The molecule has 0 radical (unpaired) electrons. The highest BCUT2D eigenvalue weighted by atomic mass is 19.1. The predicted molar refractivity (Wildman–Crippen MR) is 59.7 cm³/mol. The summed E-state index contributed by atoms with van der Waals surface area (Å²) in [5.41, 5.74) is 0.0824. The fraction of sp³-hybridized carbons (Fsp3) is 0.0833. The first kappa shape index (κ1) is 12.0. The van der Waals surface area contributed by atoms with Crippen LogP contribution in [0.5, 0.6) is 5.75 Å². The number of hydrogen-bond acceptors (Lipinski definition) is 4. The smallest absolute Gasteiger partial charge is 0.339 e. The van der Waals surface area contributed by atoms with Gasteiger partial charge in [0.25, 0.3) is 0 Å². The molecule has 2 rings (SSSR count). The number of carboxylic acid groups (broad SMARTS) is 1. The maximum absolute atomic E-state index is 13.3. The number of halogens is 1. The summed E-state index contributed by atoms with van der Waals surface area (Å²) in [4.78, 5) is 18.5. The van der Waals surface area contributed by atoms with E-state index < -0.39 is 11.8 Å². The third kappa shape index (κ3) is 2.60. The van der Waals surface area contributed by atoms with Gasteiger partial charge in [0.2, 0.25) is 0 Å². The molecule has 0 spiro atoms. The van der Waals surface area contributed by atoms with E-state index in [1.54, 1.807) is 0 Å². The fourth-order valence-corrected chi connectivity index (χ4v) is 1.34. The Morgan fingerprint density at radius 2 is 2.22 bits per heavy atom. The van der Waals surface area contributed by atoms with Crippen LogP contribution in [0, 0.1) is 5.82 Å². The number of pyridine rings is 2. The first-order valence-corrected chi connectivity index (χ1v) is 5.08. The van der Waals surface area contributed by atoms with Gasteiger partial charge >= 0.3 is 5.97 Å². The van der Waals surface area contributed by atoms with Crippen molar-refractivity contribution < 1.29 is 19.0 Å². The van der Waals surface area contributed by atoms with Crippen LogP contribution in [-0.4, -0.2) is 21.0 Å². The Balaban J connectivity index is 2.16. The highest BCUT2D eigenvalue weighted by Crippen LogP contribution is 2.18. The van der Waals surface area contributed by atoms with E-state index in [4.69, 9.17) is 9.84 Å². The lowest BCUT2D eigenvalue weighted by Crippen LogP contribution is -2.06. The summed E-state index contributed by atoms with van der Waals surface area (Å²) >= 11 is 0. The van der Waals surface area contributed by atoms with Crippen molar-refractivity contribution in [3.05, 3.63) is 53.9 Å². The average molecular weight is 248 g/mol. The number of rotatable bonds is 4. The molecular formula is C12H9FN2O3. The molecule has 0 aromatic carbocycles. The lowest BCUT2D eigenvalue weighted by Gasteiger charge is -2.08. The Hall–Kier alpha value is -2.50. The van der Waals surface area contributed by atoms with Gasteiger partial charge in [-0.3, -0.25) is 9.97 Å². The standard InChI is InChI=1S/C12H9FN2O3/c13-9-2-1-4-15-10(9)7-18-11-6-14-5-3-8(11)12(16)17/h1-6H,7H2,(H,16,17). The number of ether oxygens (including phenoxy) is 1. The molecule has 2 aromatic heterocycles. The van der Waals surface area contributed by atoms with Crippen LogP contribution in [0.2, 0.25) is 0 Å². The van der Waals surface area contributed by atoms with Crippen LogP contribution in [0.25, 0.3) is 0 Å². The molecule has 0 saturated carbocycles. The van der Waals surface area contributed by atoms with Crippen molar-refractivity contribution in [2.75, 3.05) is 0 Å². The minimum absolute atomic E-state index is 0.0265. The third-order valence-corrected chi connectivity index (χ3v) is 2.21. The molecule has 0 amide bonds. The molecule has 0 saturated heterocycles. The molecule has 2 aromatic rings. The lowest BCUT2D eigenvalue weighted by atomic mass is 10.2. The van der Waals surface area contributed by atoms with Crippen LogP contribution < -0.4 is 4.74 Å². The van der Waals surface area contributed by atoms with E-state index in [9.17, 15) is 9.18 Å². The summed E-state index contributed by atoms with van der Waals surface area (Å²) in [7, 11) is 0. The molecule has 0 fully saturated rings. The van der Waals surface area contributed by atoms with E-state index in [2.05, 4.69) is 9.97 Å². The first-order chi connectivity index (χ1) is 8.68. The van der Waals surface area contributed by atoms with Gasteiger partial charge in [-0.1, -0.05) is 0 Å². The number of carbonyl (C=O) groups is 1. The number of hydrogen-bond donors (Lipinski definition) is 1. The minimum atomic E-state index is -1.13. The first-order valence-electron chi connectivity index (χ1n) is 5.08. The van der Waals surface area contributed by atoms with Crippen LogP contribution in [0.15, 0.2) is 36.8 Å². The molecule has 6 heteroatoms. The van der Waals surface area contributed by atoms with Crippen molar-refractivity contribution in [2.45, 2.75) is 6.61 Å². The number of aromatic carboxylic acids is 1. The van der Waals surface area contributed by atoms with Gasteiger partial charge in [0.05, 0.1) is 6.20 Å². The van der Waals surface area contributed by atoms with Gasteiger partial charge in [0, 0.05) is 12.4 Å². The maximum Gasteiger partial charge on any atom is 0.339 e. The van der Waals surface area contributed by atoms with Crippen molar-refractivity contribution in [3.8, 4) is 5.75 Å². The summed E-state index contributed by atoms with van der Waals surface area (Å²) in [6.45, 7) is -0.154. The second-order valence-electron chi connectivity index (χ2n) is 3.40. The zero-order chi connectivity index (χ0) is 13.0. The van der Waals surface area contributed by atoms with Crippen molar-refractivity contribution in [1.82, 2.24) is 9.97 Å². The second kappa shape index (κ2) is 5.22. The normalized spacial score (nSPS) is 10.1. The van der Waals surface area contributed by atoms with Gasteiger partial charge in [-0.15, -0.1) is 0 Å². The SMILES string of the molecule is O=C(O)c1ccncc1OCc1ncccc1F. The summed E-state index contributed by atoms with van der Waals surface area (Å²) in [6.07, 6.45) is 4.05. The number of nitrogens with zero attached hydrogens (tertiary/aromatic N) is 2. The molecule has 0 atom stereocenters. The average Bonchev–Trinajstić information content (AvgIpc) is 2.38. The Morgan fingerprint density at radius 3 is 2.94 bits per heavy atom. The predicted octanol–water partition coefficient (Wildman–Crippen LogP) is 1.89. The summed E-state index contributed by atoms with van der Waals surface area (Å²) in [6, 6.07) is 4.03. The monoisotopic (exact) mass is 248 g/mol. The zero-order valence-corrected chi connectivity index (χ0v) is 9.21. The number of carboxylic acids is 1. The van der Waals surface area contributed by atoms with E-state index in [0.29, 0.717) is 0 Å². The molecule has 2 heterocycles. The summed E-state index contributed by atoms with van der Waals surface area (Å²) < 4.78 is 18.5. The maximum atomic E-state index is 13.3. The Morgan fingerprint density at radius 1 is 1.39 bits per heavy atom. The molecule has 0 aliphatic carbocycles. The van der Waals surface area contributed by atoms with Crippen molar-refractivity contribution in [3.63, 3.8) is 0 Å². The Bertz CT molecular complexity index is 575. The van der Waals surface area contributed by atoms with Crippen LogP contribution in [0.1, 0.15) is 16.1 Å². The third-order valence-electron chi connectivity index (χ3n) is 2.21. The van der Waals surface area contributed by atoms with Gasteiger partial charge in [-0.25, -0.2) is 9.18 Å². The molecule has 0 bridgehead atoms. The summed E-state index contributed by atoms with van der Waals surface area (Å²) in [5.74, 6) is -1.55. The van der Waals surface area contributed by atoms with E-state index in [-0.39, 0.29) is 23.6 Å². The Labute approximate surface area is 102 Å². The highest BCUT2D eigenvalue weighted by molar-refractivity contribution is 5.90. The molecule has 92 valence electrons. The van der Waals surface area contributed by atoms with Crippen molar-refractivity contribution in [1.29, 1.82) is 0 Å². The van der Waals surface area contributed by atoms with Crippen LogP contribution >= 0.6 is 0 Å². The molecule has 0 aliphatic heterocycles. The fourth-order valence-electron chi connectivity index (χ4n) is 1.34. The topological polar surface area (TPSA) is 72.3 Å². The molecule has 18 heavy (non-hydrogen) atoms. The van der Waals surface area contributed by atoms with E-state index >= 15 is 0 Å². The summed E-state index contributed by atoms with van der Waals surface area (Å²) in [5, 5.41) is 8.92. The molecular weight excluding hydrogens is 239 g/mol. The van der Waals surface area contributed by atoms with Gasteiger partial charge < -0.3 is 9.84 Å². The quantitative estimate of drug-likeness (QED) is 0.894. The molecule has 1 N–H and O–H groups in total. The van der Waals surface area contributed by atoms with Crippen LogP contribution in [0.4, 0.5) is 4.39 Å². The van der Waals surface area contributed by atoms with E-state index in [0.717, 1.165) is 0 Å². The van der Waals surface area contributed by atoms with E-state index in [1.165, 1.54) is 36.8 Å². The lowest BCUT2D eigenvalue weighted by molar-refractivity contribution is 0.0691. The molecule has 5 nitrogen and oxygen atoms in total.